The van der Waals surface area contributed by atoms with Crippen LogP contribution in [0.25, 0.3) is 0 Å². The molecule has 1 heterocycles. The molecular weight excluding hydrogens is 402 g/mol. The Morgan fingerprint density at radius 3 is 2.45 bits per heavy atom. The van der Waals surface area contributed by atoms with Crippen molar-refractivity contribution in [3.63, 3.8) is 0 Å². The summed E-state index contributed by atoms with van der Waals surface area (Å²) in [5, 5.41) is 3.38. The van der Waals surface area contributed by atoms with Gasteiger partial charge in [0, 0.05) is 9.35 Å². The lowest BCUT2D eigenvalue weighted by Gasteiger charge is -2.15. The maximum atomic E-state index is 5.79. The molecule has 1 aliphatic carbocycles. The fourth-order valence-electron chi connectivity index (χ4n) is 2.10. The first kappa shape index (κ1) is 14.6. The topological polar surface area (TPSA) is 21.3 Å². The lowest BCUT2D eigenvalue weighted by Crippen LogP contribution is -2.16. The van der Waals surface area contributed by atoms with Gasteiger partial charge >= 0.3 is 0 Å². The molecule has 1 saturated carbocycles. The zero-order valence-corrected chi connectivity index (χ0v) is 15.0. The molecule has 2 nitrogen and oxygen atoms in total. The molecule has 0 aliphatic heterocycles. The summed E-state index contributed by atoms with van der Waals surface area (Å²) in [4.78, 5) is 1.28. The number of ether oxygens (including phenoxy) is 1. The molecule has 1 unspecified atom stereocenters. The largest absolute Gasteiger partial charge is 0.490 e. The molecule has 0 amide bonds. The standard InChI is InChI=1S/C15H15Br2NOS/c1-18-14(13-8-12(16)15(17)20-13)9-2-4-10(5-3-9)19-11-6-7-11/h2-5,8,11,14,18H,6-7H2,1H3. The van der Waals surface area contributed by atoms with Crippen molar-refractivity contribution in [2.24, 2.45) is 0 Å². The Morgan fingerprint density at radius 1 is 1.25 bits per heavy atom. The van der Waals surface area contributed by atoms with Crippen molar-refractivity contribution in [3.8, 4) is 5.75 Å². The Labute approximate surface area is 139 Å². The third kappa shape index (κ3) is 3.27. The number of hydrogen-bond donors (Lipinski definition) is 1. The van der Waals surface area contributed by atoms with Gasteiger partial charge in [0.25, 0.3) is 0 Å². The quantitative estimate of drug-likeness (QED) is 0.729. The molecule has 1 aromatic heterocycles. The van der Waals surface area contributed by atoms with Crippen molar-refractivity contribution < 1.29 is 4.74 Å². The Balaban J connectivity index is 1.80. The molecular formula is C15H15Br2NOS. The van der Waals surface area contributed by atoms with Gasteiger partial charge in [-0.25, -0.2) is 0 Å². The average molecular weight is 417 g/mol. The van der Waals surface area contributed by atoms with Gasteiger partial charge in [0.15, 0.2) is 0 Å². The second-order valence-electron chi connectivity index (χ2n) is 4.88. The summed E-state index contributed by atoms with van der Waals surface area (Å²) >= 11 is 8.85. The third-order valence-corrected chi connectivity index (χ3v) is 6.60. The van der Waals surface area contributed by atoms with E-state index in [0.717, 1.165) is 14.0 Å². The number of rotatable bonds is 5. The third-order valence-electron chi connectivity index (χ3n) is 3.28. The van der Waals surface area contributed by atoms with Crippen LogP contribution in [-0.4, -0.2) is 13.2 Å². The number of nitrogens with one attached hydrogen (secondary N) is 1. The summed E-state index contributed by atoms with van der Waals surface area (Å²) in [5.41, 5.74) is 1.25. The maximum Gasteiger partial charge on any atom is 0.119 e. The van der Waals surface area contributed by atoms with Crippen LogP contribution in [0.4, 0.5) is 0 Å². The molecule has 1 N–H and O–H groups in total. The molecule has 106 valence electrons. The van der Waals surface area contributed by atoms with E-state index in [1.807, 2.05) is 7.05 Å². The van der Waals surface area contributed by atoms with Gasteiger partial charge in [-0.3, -0.25) is 0 Å². The Morgan fingerprint density at radius 2 is 1.95 bits per heavy atom. The minimum absolute atomic E-state index is 0.206. The zero-order valence-electron chi connectivity index (χ0n) is 11.0. The highest BCUT2D eigenvalue weighted by Crippen LogP contribution is 2.38. The second kappa shape index (κ2) is 6.18. The SMILES string of the molecule is CNC(c1ccc(OC2CC2)cc1)c1cc(Br)c(Br)s1. The predicted molar refractivity (Wildman–Crippen MR) is 90.7 cm³/mol. The molecule has 0 spiro atoms. The van der Waals surface area contributed by atoms with E-state index in [1.165, 1.54) is 23.3 Å². The minimum Gasteiger partial charge on any atom is -0.490 e. The minimum atomic E-state index is 0.206. The van der Waals surface area contributed by atoms with Crippen molar-refractivity contribution >= 4 is 43.2 Å². The van der Waals surface area contributed by atoms with E-state index in [0.29, 0.717) is 6.10 Å². The van der Waals surface area contributed by atoms with Gasteiger partial charge in [-0.2, -0.15) is 0 Å². The molecule has 0 bridgehead atoms. The summed E-state index contributed by atoms with van der Waals surface area (Å²) in [7, 11) is 1.99. The van der Waals surface area contributed by atoms with E-state index in [2.05, 4.69) is 67.5 Å². The van der Waals surface area contributed by atoms with Crippen LogP contribution in [0.2, 0.25) is 0 Å². The van der Waals surface area contributed by atoms with Crippen LogP contribution in [0, 0.1) is 0 Å². The average Bonchev–Trinajstić information content (AvgIpc) is 3.19. The first-order chi connectivity index (χ1) is 9.67. The molecule has 1 atom stereocenters. The highest BCUT2D eigenvalue weighted by atomic mass is 79.9. The molecule has 1 aliphatic rings. The summed E-state index contributed by atoms with van der Waals surface area (Å²) in [6.07, 6.45) is 2.83. The highest BCUT2D eigenvalue weighted by molar-refractivity contribution is 9.13. The highest BCUT2D eigenvalue weighted by Gasteiger charge is 2.23. The van der Waals surface area contributed by atoms with Crippen molar-refractivity contribution in [2.45, 2.75) is 25.0 Å². The van der Waals surface area contributed by atoms with Crippen LogP contribution >= 0.6 is 43.2 Å². The van der Waals surface area contributed by atoms with E-state index in [9.17, 15) is 0 Å². The van der Waals surface area contributed by atoms with E-state index >= 15 is 0 Å². The van der Waals surface area contributed by atoms with Crippen LogP contribution in [0.15, 0.2) is 38.6 Å². The summed E-state index contributed by atoms with van der Waals surface area (Å²) in [6.45, 7) is 0. The van der Waals surface area contributed by atoms with Crippen LogP contribution in [0.1, 0.15) is 29.3 Å². The van der Waals surface area contributed by atoms with Crippen LogP contribution in [0.5, 0.6) is 5.75 Å². The normalized spacial score (nSPS) is 16.1. The van der Waals surface area contributed by atoms with Crippen LogP contribution < -0.4 is 10.1 Å². The number of halogens is 2. The molecule has 5 heteroatoms. The van der Waals surface area contributed by atoms with Crippen molar-refractivity contribution in [1.82, 2.24) is 5.32 Å². The van der Waals surface area contributed by atoms with Crippen LogP contribution in [-0.2, 0) is 0 Å². The van der Waals surface area contributed by atoms with Gasteiger partial charge in [0.2, 0.25) is 0 Å². The Hall–Kier alpha value is -0.360. The van der Waals surface area contributed by atoms with Gasteiger partial charge in [0.05, 0.1) is 15.9 Å². The molecule has 0 radical (unpaired) electrons. The zero-order chi connectivity index (χ0) is 14.1. The first-order valence-corrected chi connectivity index (χ1v) is 8.96. The van der Waals surface area contributed by atoms with Crippen molar-refractivity contribution in [2.75, 3.05) is 7.05 Å². The van der Waals surface area contributed by atoms with Gasteiger partial charge in [-0.1, -0.05) is 12.1 Å². The van der Waals surface area contributed by atoms with E-state index in [1.54, 1.807) is 11.3 Å². The summed E-state index contributed by atoms with van der Waals surface area (Å²) < 4.78 is 8.02. The summed E-state index contributed by atoms with van der Waals surface area (Å²) in [5.74, 6) is 0.972. The summed E-state index contributed by atoms with van der Waals surface area (Å²) in [6, 6.07) is 10.8. The number of benzene rings is 1. The number of hydrogen-bond acceptors (Lipinski definition) is 3. The molecule has 20 heavy (non-hydrogen) atoms. The monoisotopic (exact) mass is 415 g/mol. The van der Waals surface area contributed by atoms with Crippen LogP contribution in [0.3, 0.4) is 0 Å². The van der Waals surface area contributed by atoms with Gasteiger partial charge in [0.1, 0.15) is 5.75 Å². The van der Waals surface area contributed by atoms with Crippen molar-refractivity contribution in [1.29, 1.82) is 0 Å². The van der Waals surface area contributed by atoms with E-state index in [4.69, 9.17) is 4.74 Å². The molecule has 1 fully saturated rings. The van der Waals surface area contributed by atoms with Gasteiger partial charge in [-0.15, -0.1) is 11.3 Å². The van der Waals surface area contributed by atoms with Gasteiger partial charge in [-0.05, 0) is 75.5 Å². The fourth-order valence-corrected chi connectivity index (χ4v) is 4.32. The van der Waals surface area contributed by atoms with E-state index in [-0.39, 0.29) is 6.04 Å². The molecule has 1 aromatic carbocycles. The smallest absolute Gasteiger partial charge is 0.119 e. The molecule has 3 rings (SSSR count). The second-order valence-corrected chi connectivity index (χ2v) is 8.13. The lowest BCUT2D eigenvalue weighted by molar-refractivity contribution is 0.303. The first-order valence-electron chi connectivity index (χ1n) is 6.56. The molecule has 2 aromatic rings. The Bertz CT molecular complexity index is 573. The van der Waals surface area contributed by atoms with E-state index < -0.39 is 0 Å². The fraction of sp³-hybridized carbons (Fsp3) is 0.333. The molecule has 0 saturated heterocycles. The van der Waals surface area contributed by atoms with Gasteiger partial charge < -0.3 is 10.1 Å². The van der Waals surface area contributed by atoms with Crippen molar-refractivity contribution in [3.05, 3.63) is 49.0 Å². The Kier molecular flexibility index (Phi) is 4.50. The maximum absolute atomic E-state index is 5.79. The number of thiophene rings is 1. The lowest BCUT2D eigenvalue weighted by atomic mass is 10.1. The predicted octanol–water partition coefficient (Wildman–Crippen LogP) is 5.12.